The van der Waals surface area contributed by atoms with Crippen molar-refractivity contribution in [2.75, 3.05) is 31.6 Å². The van der Waals surface area contributed by atoms with Gasteiger partial charge in [0.25, 0.3) is 0 Å². The van der Waals surface area contributed by atoms with E-state index in [4.69, 9.17) is 0 Å². The van der Waals surface area contributed by atoms with Crippen LogP contribution in [0.25, 0.3) is 0 Å². The Bertz CT molecular complexity index is 381. The minimum atomic E-state index is 0.453. The van der Waals surface area contributed by atoms with Crippen molar-refractivity contribution in [2.24, 2.45) is 0 Å². The van der Waals surface area contributed by atoms with Gasteiger partial charge in [-0.15, -0.1) is 0 Å². The lowest BCUT2D eigenvalue weighted by Gasteiger charge is -2.38. The fourth-order valence-corrected chi connectivity index (χ4v) is 3.94. The number of benzene rings is 1. The first-order valence-corrected chi connectivity index (χ1v) is 7.96. The van der Waals surface area contributed by atoms with E-state index in [1.165, 1.54) is 29.2 Å². The van der Waals surface area contributed by atoms with Crippen molar-refractivity contribution in [3.8, 4) is 0 Å². The Balaban J connectivity index is 2.24. The molecule has 0 aromatic heterocycles. The second-order valence-corrected chi connectivity index (χ2v) is 6.16. The van der Waals surface area contributed by atoms with Crippen LogP contribution in [-0.2, 0) is 0 Å². The summed E-state index contributed by atoms with van der Waals surface area (Å²) in [4.78, 5) is 2.51. The van der Waals surface area contributed by atoms with Crippen molar-refractivity contribution in [2.45, 2.75) is 25.9 Å². The molecule has 0 amide bonds. The summed E-state index contributed by atoms with van der Waals surface area (Å²) in [5, 5.41) is 3.68. The Labute approximate surface area is 115 Å². The van der Waals surface area contributed by atoms with Gasteiger partial charge in [-0.3, -0.25) is 4.90 Å². The topological polar surface area (TPSA) is 15.3 Å². The van der Waals surface area contributed by atoms with Crippen LogP contribution in [0, 0.1) is 6.92 Å². The molecule has 1 heterocycles. The largest absolute Gasteiger partial charge is 0.309 e. The predicted octanol–water partition coefficient (Wildman–Crippen LogP) is 2.69. The molecule has 1 aromatic rings. The molecule has 18 heavy (non-hydrogen) atoms. The van der Waals surface area contributed by atoms with E-state index < -0.39 is 0 Å². The van der Waals surface area contributed by atoms with Crippen molar-refractivity contribution in [3.63, 3.8) is 0 Å². The monoisotopic (exact) mass is 264 g/mol. The summed E-state index contributed by atoms with van der Waals surface area (Å²) in [6, 6.07) is 9.83. The van der Waals surface area contributed by atoms with Crippen molar-refractivity contribution in [1.82, 2.24) is 10.2 Å². The first-order valence-electron chi connectivity index (χ1n) is 6.81. The standard InChI is InChI=1S/C15H24N2S/c1-4-16-15(13-8-6-5-7-12(13)2)14-11-18-10-9-17(14)3/h5-8,14-16H,4,9-11H2,1-3H3. The fourth-order valence-electron chi connectivity index (χ4n) is 2.67. The Morgan fingerprint density at radius 1 is 1.44 bits per heavy atom. The average Bonchev–Trinajstić information content (AvgIpc) is 2.38. The van der Waals surface area contributed by atoms with Crippen molar-refractivity contribution in [1.29, 1.82) is 0 Å². The summed E-state index contributed by atoms with van der Waals surface area (Å²) in [6.07, 6.45) is 0. The number of aryl methyl sites for hydroxylation is 1. The van der Waals surface area contributed by atoms with Gasteiger partial charge in [-0.2, -0.15) is 11.8 Å². The molecule has 0 aliphatic carbocycles. The van der Waals surface area contributed by atoms with Crippen LogP contribution in [0.5, 0.6) is 0 Å². The third-order valence-electron chi connectivity index (χ3n) is 3.78. The normalized spacial score (nSPS) is 22.9. The van der Waals surface area contributed by atoms with Crippen LogP contribution in [0.2, 0.25) is 0 Å². The third kappa shape index (κ3) is 3.08. The van der Waals surface area contributed by atoms with Crippen molar-refractivity contribution < 1.29 is 0 Å². The highest BCUT2D eigenvalue weighted by molar-refractivity contribution is 7.99. The van der Waals surface area contributed by atoms with E-state index in [1.54, 1.807) is 0 Å². The van der Waals surface area contributed by atoms with E-state index in [0.29, 0.717) is 12.1 Å². The van der Waals surface area contributed by atoms with Gasteiger partial charge in [0.05, 0.1) is 0 Å². The minimum absolute atomic E-state index is 0.453. The lowest BCUT2D eigenvalue weighted by atomic mass is 9.95. The van der Waals surface area contributed by atoms with E-state index >= 15 is 0 Å². The fraction of sp³-hybridized carbons (Fsp3) is 0.600. The predicted molar refractivity (Wildman–Crippen MR) is 81.3 cm³/mol. The Morgan fingerprint density at radius 3 is 2.89 bits per heavy atom. The number of nitrogens with zero attached hydrogens (tertiary/aromatic N) is 1. The zero-order valence-electron chi connectivity index (χ0n) is 11.6. The molecule has 1 aromatic carbocycles. The maximum atomic E-state index is 3.68. The highest BCUT2D eigenvalue weighted by Gasteiger charge is 2.29. The van der Waals surface area contributed by atoms with Crippen LogP contribution in [0.1, 0.15) is 24.1 Å². The van der Waals surface area contributed by atoms with Gasteiger partial charge in [-0.1, -0.05) is 31.2 Å². The van der Waals surface area contributed by atoms with Crippen LogP contribution in [-0.4, -0.2) is 42.6 Å². The Hall–Kier alpha value is -0.510. The Kier molecular flexibility index (Phi) is 5.10. The van der Waals surface area contributed by atoms with Crippen LogP contribution >= 0.6 is 11.8 Å². The van der Waals surface area contributed by atoms with Gasteiger partial charge in [0.15, 0.2) is 0 Å². The van der Waals surface area contributed by atoms with Gasteiger partial charge in [0.2, 0.25) is 0 Å². The molecule has 1 saturated heterocycles. The molecule has 1 aliphatic heterocycles. The molecule has 0 saturated carbocycles. The number of rotatable bonds is 4. The second-order valence-electron chi connectivity index (χ2n) is 5.01. The van der Waals surface area contributed by atoms with E-state index in [0.717, 1.165) is 6.54 Å². The summed E-state index contributed by atoms with van der Waals surface area (Å²) in [6.45, 7) is 6.63. The van der Waals surface area contributed by atoms with Crippen LogP contribution < -0.4 is 5.32 Å². The molecule has 2 nitrogen and oxygen atoms in total. The smallest absolute Gasteiger partial charge is 0.0488 e. The molecule has 1 fully saturated rings. The number of hydrogen-bond acceptors (Lipinski definition) is 3. The van der Waals surface area contributed by atoms with Crippen LogP contribution in [0.4, 0.5) is 0 Å². The van der Waals surface area contributed by atoms with E-state index in [2.05, 4.69) is 67.1 Å². The van der Waals surface area contributed by atoms with Gasteiger partial charge in [-0.05, 0) is 31.6 Å². The molecular formula is C15H24N2S. The first-order chi connectivity index (χ1) is 8.74. The molecule has 3 heteroatoms. The summed E-state index contributed by atoms with van der Waals surface area (Å²) < 4.78 is 0. The van der Waals surface area contributed by atoms with Gasteiger partial charge in [0.1, 0.15) is 0 Å². The summed E-state index contributed by atoms with van der Waals surface area (Å²) in [5.74, 6) is 2.49. The highest BCUT2D eigenvalue weighted by atomic mass is 32.2. The van der Waals surface area contributed by atoms with Gasteiger partial charge >= 0.3 is 0 Å². The summed E-state index contributed by atoms with van der Waals surface area (Å²) >= 11 is 2.08. The number of likely N-dealkylation sites (N-methyl/N-ethyl adjacent to an activating group) is 2. The molecule has 100 valence electrons. The molecule has 1 N–H and O–H groups in total. The molecule has 0 spiro atoms. The molecule has 0 bridgehead atoms. The molecule has 1 aliphatic rings. The van der Waals surface area contributed by atoms with Gasteiger partial charge in [-0.25, -0.2) is 0 Å². The Morgan fingerprint density at radius 2 is 2.22 bits per heavy atom. The SMILES string of the molecule is CCNC(c1ccccc1C)C1CSCCN1C. The molecule has 2 atom stereocenters. The maximum absolute atomic E-state index is 3.68. The zero-order chi connectivity index (χ0) is 13.0. The third-order valence-corrected chi connectivity index (χ3v) is 4.82. The summed E-state index contributed by atoms with van der Waals surface area (Å²) in [5.41, 5.74) is 2.85. The quantitative estimate of drug-likeness (QED) is 0.900. The number of thioether (sulfide) groups is 1. The molecule has 2 unspecified atom stereocenters. The number of hydrogen-bond donors (Lipinski definition) is 1. The van der Waals surface area contributed by atoms with Gasteiger partial charge < -0.3 is 5.32 Å². The van der Waals surface area contributed by atoms with Crippen LogP contribution in [0.3, 0.4) is 0 Å². The number of nitrogens with one attached hydrogen (secondary N) is 1. The van der Waals surface area contributed by atoms with Gasteiger partial charge in [0, 0.05) is 30.1 Å². The highest BCUT2D eigenvalue weighted by Crippen LogP contribution is 2.28. The van der Waals surface area contributed by atoms with E-state index in [9.17, 15) is 0 Å². The van der Waals surface area contributed by atoms with E-state index in [-0.39, 0.29) is 0 Å². The molecular weight excluding hydrogens is 240 g/mol. The molecule has 0 radical (unpaired) electrons. The lowest BCUT2D eigenvalue weighted by Crippen LogP contribution is -2.48. The van der Waals surface area contributed by atoms with Crippen molar-refractivity contribution >= 4 is 11.8 Å². The van der Waals surface area contributed by atoms with Crippen molar-refractivity contribution in [3.05, 3.63) is 35.4 Å². The zero-order valence-corrected chi connectivity index (χ0v) is 12.5. The first kappa shape index (κ1) is 13.9. The second kappa shape index (κ2) is 6.60. The van der Waals surface area contributed by atoms with E-state index in [1.807, 2.05) is 0 Å². The van der Waals surface area contributed by atoms with Crippen LogP contribution in [0.15, 0.2) is 24.3 Å². The lowest BCUT2D eigenvalue weighted by molar-refractivity contribution is 0.217. The minimum Gasteiger partial charge on any atom is -0.309 e. The summed E-state index contributed by atoms with van der Waals surface area (Å²) in [7, 11) is 2.26. The maximum Gasteiger partial charge on any atom is 0.0488 e. The molecule has 2 rings (SSSR count). The average molecular weight is 264 g/mol.